The van der Waals surface area contributed by atoms with Crippen LogP contribution in [-0.4, -0.2) is 43.6 Å². The molecule has 0 aliphatic carbocycles. The molecule has 0 radical (unpaired) electrons. The third-order valence-corrected chi connectivity index (χ3v) is 2.44. The number of alkyl halides is 1. The van der Waals surface area contributed by atoms with Gasteiger partial charge >= 0.3 is 0 Å². The van der Waals surface area contributed by atoms with Crippen LogP contribution in [0.25, 0.3) is 0 Å². The molecule has 0 aromatic rings. The first kappa shape index (κ1) is 12.2. The van der Waals surface area contributed by atoms with E-state index in [2.05, 4.69) is 25.8 Å². The highest BCUT2D eigenvalue weighted by Gasteiger charge is 2.11. The van der Waals surface area contributed by atoms with E-state index in [4.69, 9.17) is 16.3 Å². The molecule has 0 aliphatic rings. The van der Waals surface area contributed by atoms with E-state index in [-0.39, 0.29) is 5.38 Å². The Labute approximate surface area is 80.8 Å². The third-order valence-electron chi connectivity index (χ3n) is 2.18. The summed E-state index contributed by atoms with van der Waals surface area (Å²) in [6.45, 7) is 5.91. The van der Waals surface area contributed by atoms with E-state index < -0.39 is 0 Å². The van der Waals surface area contributed by atoms with Crippen LogP contribution in [0, 0.1) is 0 Å². The lowest BCUT2D eigenvalue weighted by Gasteiger charge is -2.25. The number of methoxy groups -OCH3 is 1. The van der Waals surface area contributed by atoms with Crippen LogP contribution in [-0.2, 0) is 4.74 Å². The Hall–Kier alpha value is 0.210. The number of ether oxygens (including phenoxy) is 1. The summed E-state index contributed by atoms with van der Waals surface area (Å²) in [5, 5.41) is 0.106. The smallest absolute Gasteiger partial charge is 0.0696 e. The van der Waals surface area contributed by atoms with Gasteiger partial charge in [-0.25, -0.2) is 0 Å². The highest BCUT2D eigenvalue weighted by Crippen LogP contribution is 2.05. The molecule has 0 heterocycles. The van der Waals surface area contributed by atoms with Crippen LogP contribution in [0.15, 0.2) is 0 Å². The maximum absolute atomic E-state index is 6.01. The van der Waals surface area contributed by atoms with Gasteiger partial charge in [0.1, 0.15) is 0 Å². The molecule has 3 heteroatoms. The van der Waals surface area contributed by atoms with Gasteiger partial charge in [-0.15, -0.1) is 11.6 Å². The highest BCUT2D eigenvalue weighted by atomic mass is 35.5. The van der Waals surface area contributed by atoms with Gasteiger partial charge in [-0.2, -0.15) is 0 Å². The van der Waals surface area contributed by atoms with Gasteiger partial charge in [-0.1, -0.05) is 6.92 Å². The largest absolute Gasteiger partial charge is 0.383 e. The molecule has 0 fully saturated rings. The number of halogens is 1. The van der Waals surface area contributed by atoms with Crippen LogP contribution in [0.4, 0.5) is 0 Å². The van der Waals surface area contributed by atoms with Gasteiger partial charge in [0.15, 0.2) is 0 Å². The maximum Gasteiger partial charge on any atom is 0.0696 e. The van der Waals surface area contributed by atoms with Crippen molar-refractivity contribution in [1.82, 2.24) is 4.90 Å². The summed E-state index contributed by atoms with van der Waals surface area (Å²) in [6.07, 6.45) is 1.16. The first-order valence-corrected chi connectivity index (χ1v) is 4.88. The molecule has 0 saturated carbocycles. The fourth-order valence-electron chi connectivity index (χ4n) is 1.04. The monoisotopic (exact) mass is 193 g/mol. The first-order chi connectivity index (χ1) is 5.61. The quantitative estimate of drug-likeness (QED) is 0.599. The fourth-order valence-corrected chi connectivity index (χ4v) is 1.38. The van der Waals surface area contributed by atoms with Gasteiger partial charge in [0.25, 0.3) is 0 Å². The lowest BCUT2D eigenvalue weighted by molar-refractivity contribution is 0.170. The van der Waals surface area contributed by atoms with Crippen LogP contribution >= 0.6 is 11.6 Å². The number of hydrogen-bond acceptors (Lipinski definition) is 2. The topological polar surface area (TPSA) is 12.5 Å². The van der Waals surface area contributed by atoms with Crippen molar-refractivity contribution in [2.24, 2.45) is 0 Å². The van der Waals surface area contributed by atoms with Crippen molar-refractivity contribution in [3.8, 4) is 0 Å². The molecule has 0 aromatic carbocycles. The minimum atomic E-state index is 0.106. The Morgan fingerprint density at radius 1 is 1.50 bits per heavy atom. The Kier molecular flexibility index (Phi) is 6.81. The Balaban J connectivity index is 3.59. The molecule has 0 amide bonds. The lowest BCUT2D eigenvalue weighted by Crippen LogP contribution is -2.35. The molecule has 2 nitrogen and oxygen atoms in total. The zero-order chi connectivity index (χ0) is 9.56. The molecule has 0 saturated heterocycles. The van der Waals surface area contributed by atoms with Gasteiger partial charge in [0, 0.05) is 19.7 Å². The van der Waals surface area contributed by atoms with Crippen molar-refractivity contribution in [3.05, 3.63) is 0 Å². The third kappa shape index (κ3) is 4.96. The van der Waals surface area contributed by atoms with Crippen molar-refractivity contribution in [1.29, 1.82) is 0 Å². The van der Waals surface area contributed by atoms with Gasteiger partial charge in [0.2, 0.25) is 0 Å². The highest BCUT2D eigenvalue weighted by molar-refractivity contribution is 6.20. The summed E-state index contributed by atoms with van der Waals surface area (Å²) >= 11 is 6.01. The van der Waals surface area contributed by atoms with Crippen LogP contribution in [0.3, 0.4) is 0 Å². The average Bonchev–Trinajstić information content (AvgIpc) is 2.03. The molecular weight excluding hydrogens is 174 g/mol. The van der Waals surface area contributed by atoms with Crippen molar-refractivity contribution >= 4 is 11.6 Å². The summed E-state index contributed by atoms with van der Waals surface area (Å²) < 4.78 is 4.96. The second-order valence-electron chi connectivity index (χ2n) is 3.25. The molecule has 0 spiro atoms. The van der Waals surface area contributed by atoms with Gasteiger partial charge in [-0.3, -0.25) is 0 Å². The number of rotatable bonds is 6. The minimum Gasteiger partial charge on any atom is -0.383 e. The van der Waals surface area contributed by atoms with E-state index in [9.17, 15) is 0 Å². The molecule has 0 rings (SSSR count). The number of nitrogens with zero attached hydrogens (tertiary/aromatic N) is 1. The zero-order valence-electron chi connectivity index (χ0n) is 8.51. The van der Waals surface area contributed by atoms with E-state index in [0.717, 1.165) is 13.0 Å². The normalized spacial score (nSPS) is 16.5. The SMILES string of the molecule is CCC(C)N(C)CC(Cl)COC. The summed E-state index contributed by atoms with van der Waals surface area (Å²) in [6, 6.07) is 0.600. The molecular formula is C9H20ClNO. The van der Waals surface area contributed by atoms with Crippen molar-refractivity contribution in [2.75, 3.05) is 27.3 Å². The second-order valence-corrected chi connectivity index (χ2v) is 3.87. The average molecular weight is 194 g/mol. The Morgan fingerprint density at radius 2 is 2.08 bits per heavy atom. The molecule has 2 atom stereocenters. The second kappa shape index (κ2) is 6.70. The molecule has 0 N–H and O–H groups in total. The van der Waals surface area contributed by atoms with E-state index >= 15 is 0 Å². The van der Waals surface area contributed by atoms with E-state index in [1.54, 1.807) is 7.11 Å². The zero-order valence-corrected chi connectivity index (χ0v) is 9.27. The fraction of sp³-hybridized carbons (Fsp3) is 1.00. The Bertz CT molecular complexity index is 111. The summed E-state index contributed by atoms with van der Waals surface area (Å²) in [7, 11) is 3.78. The van der Waals surface area contributed by atoms with Gasteiger partial charge in [0.05, 0.1) is 12.0 Å². The van der Waals surface area contributed by atoms with Gasteiger partial charge < -0.3 is 9.64 Å². The molecule has 12 heavy (non-hydrogen) atoms. The predicted molar refractivity (Wildman–Crippen MR) is 53.9 cm³/mol. The van der Waals surface area contributed by atoms with Crippen molar-refractivity contribution in [2.45, 2.75) is 31.7 Å². The molecule has 2 unspecified atom stereocenters. The van der Waals surface area contributed by atoms with Crippen LogP contribution in [0.2, 0.25) is 0 Å². The van der Waals surface area contributed by atoms with Crippen molar-refractivity contribution < 1.29 is 4.74 Å². The van der Waals surface area contributed by atoms with Crippen LogP contribution in [0.1, 0.15) is 20.3 Å². The van der Waals surface area contributed by atoms with Crippen LogP contribution < -0.4 is 0 Å². The van der Waals surface area contributed by atoms with Gasteiger partial charge in [-0.05, 0) is 20.4 Å². The first-order valence-electron chi connectivity index (χ1n) is 4.45. The molecule has 0 aliphatic heterocycles. The van der Waals surface area contributed by atoms with Crippen molar-refractivity contribution in [3.63, 3.8) is 0 Å². The molecule has 74 valence electrons. The molecule has 0 bridgehead atoms. The molecule has 0 aromatic heterocycles. The summed E-state index contributed by atoms with van der Waals surface area (Å²) in [5.74, 6) is 0. The Morgan fingerprint density at radius 3 is 2.50 bits per heavy atom. The van der Waals surface area contributed by atoms with Crippen LogP contribution in [0.5, 0.6) is 0 Å². The summed E-state index contributed by atoms with van der Waals surface area (Å²) in [4.78, 5) is 2.26. The van der Waals surface area contributed by atoms with E-state index in [0.29, 0.717) is 12.6 Å². The standard InChI is InChI=1S/C9H20ClNO/c1-5-8(2)11(3)6-9(10)7-12-4/h8-9H,5-7H2,1-4H3. The number of hydrogen-bond donors (Lipinski definition) is 0. The predicted octanol–water partition coefficient (Wildman–Crippen LogP) is 1.97. The lowest BCUT2D eigenvalue weighted by atomic mass is 10.2. The summed E-state index contributed by atoms with van der Waals surface area (Å²) in [5.41, 5.74) is 0. The maximum atomic E-state index is 6.01. The van der Waals surface area contributed by atoms with E-state index in [1.165, 1.54) is 0 Å². The minimum absolute atomic E-state index is 0.106. The van der Waals surface area contributed by atoms with E-state index in [1.807, 2.05) is 0 Å².